The lowest BCUT2D eigenvalue weighted by atomic mass is 10.1. The van der Waals surface area contributed by atoms with Gasteiger partial charge in [-0.25, -0.2) is 4.98 Å². The number of hydrogen-bond donors (Lipinski definition) is 2. The zero-order valence-corrected chi connectivity index (χ0v) is 11.7. The average Bonchev–Trinajstić information content (AvgIpc) is 2.90. The summed E-state index contributed by atoms with van der Waals surface area (Å²) < 4.78 is 5.28. The average molecular weight is 272 g/mol. The first kappa shape index (κ1) is 13.2. The largest absolute Gasteiger partial charge is 0.497 e. The van der Waals surface area contributed by atoms with Gasteiger partial charge >= 0.3 is 0 Å². The molecule has 0 saturated heterocycles. The SMILES string of the molecule is COc1ccc2ccnc(NCC3CCC(O)C3)c2c1. The first-order valence-corrected chi connectivity index (χ1v) is 7.11. The van der Waals surface area contributed by atoms with Crippen LogP contribution in [0.15, 0.2) is 30.5 Å². The normalized spacial score (nSPS) is 22.1. The van der Waals surface area contributed by atoms with Crippen molar-refractivity contribution in [3.05, 3.63) is 30.5 Å². The van der Waals surface area contributed by atoms with Crippen molar-refractivity contribution >= 4 is 16.6 Å². The number of aliphatic hydroxyl groups is 1. The fraction of sp³-hybridized carbons (Fsp3) is 0.438. The molecule has 0 bridgehead atoms. The Balaban J connectivity index is 1.79. The molecule has 1 saturated carbocycles. The van der Waals surface area contributed by atoms with Crippen LogP contribution in [0.3, 0.4) is 0 Å². The molecule has 0 spiro atoms. The van der Waals surface area contributed by atoms with Crippen LogP contribution in [0.4, 0.5) is 5.82 Å². The van der Waals surface area contributed by atoms with Gasteiger partial charge in [0.2, 0.25) is 0 Å². The Hall–Kier alpha value is -1.81. The second kappa shape index (κ2) is 5.67. The zero-order chi connectivity index (χ0) is 13.9. The van der Waals surface area contributed by atoms with E-state index in [1.807, 2.05) is 30.5 Å². The Labute approximate surface area is 118 Å². The van der Waals surface area contributed by atoms with Gasteiger partial charge in [0.05, 0.1) is 13.2 Å². The molecular formula is C16H20N2O2. The van der Waals surface area contributed by atoms with Crippen molar-refractivity contribution in [1.82, 2.24) is 4.98 Å². The molecule has 1 aliphatic rings. The number of benzene rings is 1. The van der Waals surface area contributed by atoms with Crippen LogP contribution >= 0.6 is 0 Å². The molecule has 2 aromatic rings. The number of ether oxygens (including phenoxy) is 1. The number of aliphatic hydroxyl groups excluding tert-OH is 1. The lowest BCUT2D eigenvalue weighted by molar-refractivity contribution is 0.178. The summed E-state index contributed by atoms with van der Waals surface area (Å²) in [5.74, 6) is 2.26. The van der Waals surface area contributed by atoms with E-state index in [-0.39, 0.29) is 6.10 Å². The standard InChI is InChI=1S/C16H20N2O2/c1-20-14-5-3-12-6-7-17-16(15(12)9-14)18-10-11-2-4-13(19)8-11/h3,5-7,9,11,13,19H,2,4,8,10H2,1H3,(H,17,18). The highest BCUT2D eigenvalue weighted by molar-refractivity contribution is 5.92. The van der Waals surface area contributed by atoms with Gasteiger partial charge < -0.3 is 15.2 Å². The minimum absolute atomic E-state index is 0.123. The summed E-state index contributed by atoms with van der Waals surface area (Å²) in [4.78, 5) is 4.43. The van der Waals surface area contributed by atoms with Crippen molar-refractivity contribution in [2.24, 2.45) is 5.92 Å². The van der Waals surface area contributed by atoms with Crippen LogP contribution in [-0.4, -0.2) is 29.8 Å². The smallest absolute Gasteiger partial charge is 0.133 e. The molecule has 0 aliphatic heterocycles. The van der Waals surface area contributed by atoms with Gasteiger partial charge in [-0.15, -0.1) is 0 Å². The maximum atomic E-state index is 9.58. The second-order valence-corrected chi connectivity index (χ2v) is 5.46. The van der Waals surface area contributed by atoms with Gasteiger partial charge in [-0.1, -0.05) is 6.07 Å². The van der Waals surface area contributed by atoms with Crippen LogP contribution in [0.5, 0.6) is 5.75 Å². The topological polar surface area (TPSA) is 54.4 Å². The van der Waals surface area contributed by atoms with Gasteiger partial charge in [-0.05, 0) is 48.8 Å². The van der Waals surface area contributed by atoms with Crippen molar-refractivity contribution in [3.63, 3.8) is 0 Å². The maximum absolute atomic E-state index is 9.58. The van der Waals surface area contributed by atoms with Crippen LogP contribution in [-0.2, 0) is 0 Å². The van der Waals surface area contributed by atoms with Crippen LogP contribution < -0.4 is 10.1 Å². The molecule has 4 nitrogen and oxygen atoms in total. The van der Waals surface area contributed by atoms with E-state index in [1.54, 1.807) is 7.11 Å². The predicted octanol–water partition coefficient (Wildman–Crippen LogP) is 2.82. The van der Waals surface area contributed by atoms with E-state index < -0.39 is 0 Å². The van der Waals surface area contributed by atoms with E-state index in [1.165, 1.54) is 0 Å². The number of nitrogens with zero attached hydrogens (tertiary/aromatic N) is 1. The molecule has 1 heterocycles. The van der Waals surface area contributed by atoms with Gasteiger partial charge in [0, 0.05) is 18.1 Å². The molecule has 20 heavy (non-hydrogen) atoms. The molecule has 0 radical (unpaired) electrons. The van der Waals surface area contributed by atoms with Crippen LogP contribution in [0.25, 0.3) is 10.8 Å². The third-order valence-corrected chi connectivity index (χ3v) is 4.05. The highest BCUT2D eigenvalue weighted by Crippen LogP contribution is 2.28. The molecule has 2 atom stereocenters. The summed E-state index contributed by atoms with van der Waals surface area (Å²) in [5.41, 5.74) is 0. The Morgan fingerprint density at radius 1 is 1.35 bits per heavy atom. The zero-order valence-electron chi connectivity index (χ0n) is 11.7. The molecule has 1 aromatic carbocycles. The minimum Gasteiger partial charge on any atom is -0.497 e. The van der Waals surface area contributed by atoms with E-state index in [0.717, 1.165) is 48.1 Å². The molecular weight excluding hydrogens is 252 g/mol. The van der Waals surface area contributed by atoms with E-state index in [4.69, 9.17) is 4.74 Å². The molecule has 1 aromatic heterocycles. The monoisotopic (exact) mass is 272 g/mol. The number of anilines is 1. The lowest BCUT2D eigenvalue weighted by Gasteiger charge is -2.13. The number of rotatable bonds is 4. The number of methoxy groups -OCH3 is 1. The van der Waals surface area contributed by atoms with Crippen LogP contribution in [0.1, 0.15) is 19.3 Å². The Morgan fingerprint density at radius 2 is 2.25 bits per heavy atom. The van der Waals surface area contributed by atoms with Crippen LogP contribution in [0.2, 0.25) is 0 Å². The molecule has 2 N–H and O–H groups in total. The Kier molecular flexibility index (Phi) is 3.74. The number of hydrogen-bond acceptors (Lipinski definition) is 4. The van der Waals surface area contributed by atoms with Crippen molar-refractivity contribution in [2.45, 2.75) is 25.4 Å². The quantitative estimate of drug-likeness (QED) is 0.898. The van der Waals surface area contributed by atoms with Gasteiger partial charge in [0.1, 0.15) is 11.6 Å². The van der Waals surface area contributed by atoms with Crippen molar-refractivity contribution < 1.29 is 9.84 Å². The minimum atomic E-state index is -0.123. The number of aromatic nitrogens is 1. The van der Waals surface area contributed by atoms with Gasteiger partial charge in [0.15, 0.2) is 0 Å². The summed E-state index contributed by atoms with van der Waals surface area (Å²) in [5, 5.41) is 15.2. The molecule has 106 valence electrons. The molecule has 0 amide bonds. The third kappa shape index (κ3) is 2.70. The summed E-state index contributed by atoms with van der Waals surface area (Å²) in [6.45, 7) is 0.861. The van der Waals surface area contributed by atoms with Gasteiger partial charge in [-0.3, -0.25) is 0 Å². The first-order valence-electron chi connectivity index (χ1n) is 7.11. The van der Waals surface area contributed by atoms with E-state index in [0.29, 0.717) is 5.92 Å². The molecule has 2 unspecified atom stereocenters. The second-order valence-electron chi connectivity index (χ2n) is 5.46. The summed E-state index contributed by atoms with van der Waals surface area (Å²) in [6, 6.07) is 8.01. The molecule has 3 rings (SSSR count). The fourth-order valence-corrected chi connectivity index (χ4v) is 2.89. The highest BCUT2D eigenvalue weighted by Gasteiger charge is 2.22. The van der Waals surface area contributed by atoms with E-state index in [2.05, 4.69) is 10.3 Å². The number of pyridine rings is 1. The van der Waals surface area contributed by atoms with Crippen molar-refractivity contribution in [1.29, 1.82) is 0 Å². The van der Waals surface area contributed by atoms with E-state index >= 15 is 0 Å². The molecule has 1 fully saturated rings. The first-order chi connectivity index (χ1) is 9.76. The molecule has 1 aliphatic carbocycles. The van der Waals surface area contributed by atoms with Gasteiger partial charge in [-0.2, -0.15) is 0 Å². The number of nitrogens with one attached hydrogen (secondary N) is 1. The van der Waals surface area contributed by atoms with Gasteiger partial charge in [0.25, 0.3) is 0 Å². The summed E-state index contributed by atoms with van der Waals surface area (Å²) in [6.07, 6.45) is 4.59. The predicted molar refractivity (Wildman–Crippen MR) is 80.1 cm³/mol. The Bertz CT molecular complexity index is 600. The summed E-state index contributed by atoms with van der Waals surface area (Å²) in [7, 11) is 1.67. The van der Waals surface area contributed by atoms with Crippen LogP contribution in [0, 0.1) is 5.92 Å². The van der Waals surface area contributed by atoms with E-state index in [9.17, 15) is 5.11 Å². The molecule has 4 heteroatoms. The number of fused-ring (bicyclic) bond motifs is 1. The lowest BCUT2D eigenvalue weighted by Crippen LogP contribution is -2.13. The van der Waals surface area contributed by atoms with Crippen molar-refractivity contribution in [2.75, 3.05) is 19.0 Å². The Morgan fingerprint density at radius 3 is 3.00 bits per heavy atom. The fourth-order valence-electron chi connectivity index (χ4n) is 2.89. The maximum Gasteiger partial charge on any atom is 0.133 e. The highest BCUT2D eigenvalue weighted by atomic mass is 16.5. The van der Waals surface area contributed by atoms with Crippen molar-refractivity contribution in [3.8, 4) is 5.75 Å². The summed E-state index contributed by atoms with van der Waals surface area (Å²) >= 11 is 0. The third-order valence-electron chi connectivity index (χ3n) is 4.05.